The van der Waals surface area contributed by atoms with Crippen molar-refractivity contribution in [3.63, 3.8) is 0 Å². The molecule has 0 amide bonds. The van der Waals surface area contributed by atoms with Gasteiger partial charge in [0.1, 0.15) is 18.6 Å². The van der Waals surface area contributed by atoms with E-state index in [0.717, 1.165) is 44.1 Å². The van der Waals surface area contributed by atoms with Crippen molar-refractivity contribution in [1.82, 2.24) is 0 Å². The lowest BCUT2D eigenvalue weighted by Crippen LogP contribution is -2.46. The molecule has 5 atom stereocenters. The van der Waals surface area contributed by atoms with Gasteiger partial charge in [-0.05, 0) is 110 Å². The fourth-order valence-corrected chi connectivity index (χ4v) is 9.74. The van der Waals surface area contributed by atoms with Crippen molar-refractivity contribution in [2.24, 2.45) is 11.8 Å². The van der Waals surface area contributed by atoms with E-state index in [1.165, 1.54) is 0 Å². The van der Waals surface area contributed by atoms with E-state index in [0.29, 0.717) is 24.9 Å². The molecule has 0 bridgehead atoms. The van der Waals surface area contributed by atoms with Crippen LogP contribution in [0.1, 0.15) is 101 Å². The Hall–Kier alpha value is -0.779. The van der Waals surface area contributed by atoms with Gasteiger partial charge in [0.05, 0.1) is 18.3 Å². The first-order valence-corrected chi connectivity index (χ1v) is 26.3. The van der Waals surface area contributed by atoms with E-state index in [9.17, 15) is 4.79 Å². The molecule has 0 aromatic heterocycles. The van der Waals surface area contributed by atoms with E-state index in [2.05, 4.69) is 102 Å². The first kappa shape index (κ1) is 40.4. The monoisotopic (exact) mass is 678 g/mol. The Labute approximate surface area is 281 Å². The summed E-state index contributed by atoms with van der Waals surface area (Å²) in [7, 11) is -6.08. The lowest BCUT2D eigenvalue weighted by molar-refractivity contribution is -0.108. The van der Waals surface area contributed by atoms with E-state index in [1.54, 1.807) is 0 Å². The van der Waals surface area contributed by atoms with Crippen molar-refractivity contribution in [2.45, 2.75) is 174 Å². The minimum atomic E-state index is -2.03. The molecule has 5 nitrogen and oxygen atoms in total. The second-order valence-corrected chi connectivity index (χ2v) is 32.5. The van der Waals surface area contributed by atoms with Crippen molar-refractivity contribution in [3.05, 3.63) is 30.3 Å². The molecule has 0 spiro atoms. The summed E-state index contributed by atoms with van der Waals surface area (Å²) in [6, 6.07) is 10.1. The van der Waals surface area contributed by atoms with Crippen molar-refractivity contribution >= 4 is 31.2 Å². The Bertz CT molecular complexity index is 1040. The van der Waals surface area contributed by atoms with E-state index in [1.807, 2.05) is 30.3 Å². The number of benzene rings is 1. The Balaban J connectivity index is 2.46. The first-order valence-electron chi connectivity index (χ1n) is 17.6. The maximum atomic E-state index is 11.4. The number of hydrogen-bond donors (Lipinski definition) is 0. The van der Waals surface area contributed by atoms with Gasteiger partial charge in [-0.1, -0.05) is 80.5 Å². The summed E-state index contributed by atoms with van der Waals surface area (Å²) in [5.41, 5.74) is 0. The molecular formula is C37H70O5Si3. The second-order valence-electron chi connectivity index (χ2n) is 18.2. The van der Waals surface area contributed by atoms with Crippen LogP contribution >= 0.6 is 0 Å². The molecule has 1 fully saturated rings. The lowest BCUT2D eigenvalue weighted by atomic mass is 9.85. The number of aldehydes is 1. The first-order chi connectivity index (χ1) is 20.4. The maximum absolute atomic E-state index is 11.4. The zero-order valence-electron chi connectivity index (χ0n) is 31.8. The van der Waals surface area contributed by atoms with Crippen LogP contribution in [0.25, 0.3) is 0 Å². The van der Waals surface area contributed by atoms with Crippen LogP contribution in [0.15, 0.2) is 30.3 Å². The topological polar surface area (TPSA) is 54.0 Å². The molecule has 0 unspecified atom stereocenters. The standard InChI is InChI=1S/C37H70O5Si3/c1-35(2,3)43(10,11)40-30(28-39-29-21-17-16-18-22-29)24-25-32-31(23-19-20-26-38)33(41-44(12,13)36(4,5)6)27-34(32)42-45(14,15)37(7,8)9/h16-18,21-22,26,30-34H,19-20,23-25,27-28H2,1-15H3/t30-,31-,32-,33+,34-/m1/s1. The van der Waals surface area contributed by atoms with Crippen LogP contribution in [0.2, 0.25) is 54.4 Å². The number of carbonyl (C=O) groups is 1. The summed E-state index contributed by atoms with van der Waals surface area (Å²) in [5, 5.41) is 0.365. The van der Waals surface area contributed by atoms with Gasteiger partial charge in [0, 0.05) is 6.42 Å². The Morgan fingerprint density at radius 2 is 1.20 bits per heavy atom. The van der Waals surface area contributed by atoms with E-state index < -0.39 is 25.0 Å². The third-order valence-electron chi connectivity index (χ3n) is 11.6. The van der Waals surface area contributed by atoms with Gasteiger partial charge in [0.2, 0.25) is 0 Å². The zero-order valence-corrected chi connectivity index (χ0v) is 34.8. The van der Waals surface area contributed by atoms with E-state index in [-0.39, 0.29) is 33.4 Å². The molecule has 1 aliphatic carbocycles. The van der Waals surface area contributed by atoms with E-state index in [4.69, 9.17) is 18.0 Å². The summed E-state index contributed by atoms with van der Waals surface area (Å²) in [6.07, 6.45) is 6.71. The number of unbranched alkanes of at least 4 members (excludes halogenated alkanes) is 1. The average Bonchev–Trinajstić information content (AvgIpc) is 3.18. The Kier molecular flexibility index (Phi) is 14.0. The number of para-hydroxylation sites is 1. The highest BCUT2D eigenvalue weighted by Gasteiger charge is 2.51. The number of ether oxygens (including phenoxy) is 1. The molecule has 1 saturated carbocycles. The molecule has 45 heavy (non-hydrogen) atoms. The van der Waals surface area contributed by atoms with E-state index >= 15 is 0 Å². The van der Waals surface area contributed by atoms with Gasteiger partial charge in [-0.15, -0.1) is 0 Å². The van der Waals surface area contributed by atoms with Crippen LogP contribution in [-0.4, -0.2) is 56.2 Å². The predicted octanol–water partition coefficient (Wildman–Crippen LogP) is 11.0. The van der Waals surface area contributed by atoms with Crippen LogP contribution in [0.5, 0.6) is 5.75 Å². The molecule has 2 rings (SSSR count). The van der Waals surface area contributed by atoms with Gasteiger partial charge in [0.15, 0.2) is 25.0 Å². The van der Waals surface area contributed by atoms with Gasteiger partial charge in [0.25, 0.3) is 0 Å². The second kappa shape index (κ2) is 15.6. The van der Waals surface area contributed by atoms with Gasteiger partial charge < -0.3 is 22.8 Å². The maximum Gasteiger partial charge on any atom is 0.192 e. The molecule has 8 heteroatoms. The fourth-order valence-electron chi connectivity index (χ4n) is 5.60. The predicted molar refractivity (Wildman–Crippen MR) is 199 cm³/mol. The molecule has 1 aromatic carbocycles. The Morgan fingerprint density at radius 3 is 1.64 bits per heavy atom. The van der Waals surface area contributed by atoms with Crippen LogP contribution < -0.4 is 4.74 Å². The van der Waals surface area contributed by atoms with Crippen molar-refractivity contribution in [2.75, 3.05) is 6.61 Å². The number of hydrogen-bond acceptors (Lipinski definition) is 5. The van der Waals surface area contributed by atoms with Gasteiger partial charge >= 0.3 is 0 Å². The van der Waals surface area contributed by atoms with Crippen LogP contribution in [-0.2, 0) is 18.1 Å². The van der Waals surface area contributed by atoms with Crippen molar-refractivity contribution in [1.29, 1.82) is 0 Å². The molecule has 1 aliphatic rings. The van der Waals surface area contributed by atoms with Gasteiger partial charge in [-0.2, -0.15) is 0 Å². The zero-order chi connectivity index (χ0) is 34.5. The highest BCUT2D eigenvalue weighted by atomic mass is 28.4. The largest absolute Gasteiger partial charge is 0.491 e. The molecular weight excluding hydrogens is 609 g/mol. The number of rotatable bonds is 16. The summed E-state index contributed by atoms with van der Waals surface area (Å²) in [5.74, 6) is 1.59. The smallest absolute Gasteiger partial charge is 0.192 e. The highest BCUT2D eigenvalue weighted by molar-refractivity contribution is 6.75. The van der Waals surface area contributed by atoms with Gasteiger partial charge in [-0.25, -0.2) is 0 Å². The molecule has 0 heterocycles. The third-order valence-corrected chi connectivity index (χ3v) is 25.1. The molecule has 0 aliphatic heterocycles. The number of carbonyl (C=O) groups excluding carboxylic acids is 1. The fraction of sp³-hybridized carbons (Fsp3) is 0.811. The summed E-state index contributed by atoms with van der Waals surface area (Å²) >= 11 is 0. The SMILES string of the molecule is CC(C)(C)[Si](C)(C)O[C@H](CC[C@@H]1[C@@H](CCCC=O)[C@@H](O[Si](C)(C)C(C)(C)C)C[C@H]1O[Si](C)(C)C(C)(C)C)COc1ccccc1. The summed E-state index contributed by atoms with van der Waals surface area (Å²) in [6.45, 7) is 35.6. The Morgan fingerprint density at radius 1 is 0.733 bits per heavy atom. The molecule has 1 aromatic rings. The average molecular weight is 679 g/mol. The van der Waals surface area contributed by atoms with Crippen molar-refractivity contribution in [3.8, 4) is 5.75 Å². The van der Waals surface area contributed by atoms with Gasteiger partial charge in [-0.3, -0.25) is 0 Å². The molecule has 0 saturated heterocycles. The minimum absolute atomic E-state index is 0.00407. The summed E-state index contributed by atoms with van der Waals surface area (Å²) in [4.78, 5) is 11.4. The normalized spacial score (nSPS) is 22.8. The highest BCUT2D eigenvalue weighted by Crippen LogP contribution is 2.49. The van der Waals surface area contributed by atoms with Crippen molar-refractivity contribution < 1.29 is 22.8 Å². The van der Waals surface area contributed by atoms with Crippen LogP contribution in [0.4, 0.5) is 0 Å². The molecule has 0 N–H and O–H groups in total. The summed E-state index contributed by atoms with van der Waals surface area (Å²) < 4.78 is 28.0. The minimum Gasteiger partial charge on any atom is -0.491 e. The lowest BCUT2D eigenvalue weighted by Gasteiger charge is -2.41. The third kappa shape index (κ3) is 11.4. The van der Waals surface area contributed by atoms with Crippen LogP contribution in [0.3, 0.4) is 0 Å². The quantitative estimate of drug-likeness (QED) is 0.0989. The molecule has 0 radical (unpaired) electrons. The molecule has 260 valence electrons. The van der Waals surface area contributed by atoms with Crippen LogP contribution in [0, 0.1) is 11.8 Å².